The summed E-state index contributed by atoms with van der Waals surface area (Å²) in [5, 5.41) is 5.78. The van der Waals surface area contributed by atoms with Crippen molar-refractivity contribution >= 4 is 29.7 Å². The minimum absolute atomic E-state index is 0.241. The number of hydrogen-bond donors (Lipinski definition) is 0. The summed E-state index contributed by atoms with van der Waals surface area (Å²) in [4.78, 5) is 23.5. The lowest BCUT2D eigenvalue weighted by Gasteiger charge is -2.13. The third-order valence-corrected chi connectivity index (χ3v) is 2.87. The number of ether oxygens (including phenoxy) is 1. The number of benzene rings is 1. The maximum atomic E-state index is 12.0. The summed E-state index contributed by atoms with van der Waals surface area (Å²) in [5.41, 5.74) is 0.850. The molecule has 0 aliphatic carbocycles. The first kappa shape index (κ1) is 13.5. The molecular formula is C13H13ClN2O3. The van der Waals surface area contributed by atoms with Gasteiger partial charge in [0.05, 0.1) is 13.2 Å². The Kier molecular flexibility index (Phi) is 4.16. The molecule has 0 spiro atoms. The largest absolute Gasteiger partial charge is 0.465 e. The molecule has 0 aromatic heterocycles. The molecule has 0 N–H and O–H groups in total. The van der Waals surface area contributed by atoms with Crippen LogP contribution < -0.4 is 0 Å². The smallest absolute Gasteiger partial charge is 0.324 e. The van der Waals surface area contributed by atoms with Gasteiger partial charge in [-0.2, -0.15) is 5.10 Å². The molecule has 100 valence electrons. The van der Waals surface area contributed by atoms with E-state index in [1.807, 2.05) is 6.07 Å². The zero-order chi connectivity index (χ0) is 13.8. The van der Waals surface area contributed by atoms with E-state index in [9.17, 15) is 9.59 Å². The molecule has 1 heterocycles. The Hall–Kier alpha value is -1.88. The van der Waals surface area contributed by atoms with Crippen molar-refractivity contribution in [3.8, 4) is 0 Å². The van der Waals surface area contributed by atoms with Crippen LogP contribution in [0.1, 0.15) is 12.5 Å². The summed E-state index contributed by atoms with van der Waals surface area (Å²) in [5.74, 6) is -1.87. The first-order valence-electron chi connectivity index (χ1n) is 5.88. The molecule has 2 rings (SSSR count). The molecule has 1 aromatic carbocycles. The minimum Gasteiger partial charge on any atom is -0.465 e. The van der Waals surface area contributed by atoms with Crippen LogP contribution in [0.3, 0.4) is 0 Å². The van der Waals surface area contributed by atoms with E-state index in [1.165, 1.54) is 11.2 Å². The van der Waals surface area contributed by atoms with Crippen LogP contribution in [-0.2, 0) is 20.9 Å². The van der Waals surface area contributed by atoms with Gasteiger partial charge < -0.3 is 4.74 Å². The third kappa shape index (κ3) is 3.12. The lowest BCUT2D eigenvalue weighted by Crippen LogP contribution is -2.31. The van der Waals surface area contributed by atoms with Gasteiger partial charge in [-0.1, -0.05) is 23.7 Å². The number of amides is 1. The Balaban J connectivity index is 2.03. The van der Waals surface area contributed by atoms with E-state index in [4.69, 9.17) is 16.3 Å². The van der Waals surface area contributed by atoms with Crippen LogP contribution in [0.2, 0.25) is 5.02 Å². The van der Waals surface area contributed by atoms with Gasteiger partial charge in [0.2, 0.25) is 0 Å². The van der Waals surface area contributed by atoms with E-state index < -0.39 is 11.9 Å². The second-order valence-electron chi connectivity index (χ2n) is 4.02. The SMILES string of the molecule is CCOC(=O)C1C=NN(Cc2cccc(Cl)c2)C1=O. The highest BCUT2D eigenvalue weighted by Crippen LogP contribution is 2.17. The van der Waals surface area contributed by atoms with E-state index in [-0.39, 0.29) is 19.1 Å². The molecule has 1 aliphatic heterocycles. The number of carbonyl (C=O) groups excluding carboxylic acids is 2. The number of esters is 1. The van der Waals surface area contributed by atoms with Gasteiger partial charge in [0.25, 0.3) is 5.91 Å². The minimum atomic E-state index is -0.931. The van der Waals surface area contributed by atoms with Crippen molar-refractivity contribution in [3.63, 3.8) is 0 Å². The standard InChI is InChI=1S/C13H13ClN2O3/c1-2-19-13(18)11-7-15-16(12(11)17)8-9-4-3-5-10(14)6-9/h3-7,11H,2,8H2,1H3. The fourth-order valence-corrected chi connectivity index (χ4v) is 1.96. The molecular weight excluding hydrogens is 268 g/mol. The average molecular weight is 281 g/mol. The normalized spacial score (nSPS) is 17.9. The monoisotopic (exact) mass is 280 g/mol. The summed E-state index contributed by atoms with van der Waals surface area (Å²) >= 11 is 5.87. The van der Waals surface area contributed by atoms with Crippen molar-refractivity contribution in [1.82, 2.24) is 5.01 Å². The van der Waals surface area contributed by atoms with E-state index in [1.54, 1.807) is 25.1 Å². The van der Waals surface area contributed by atoms with Crippen molar-refractivity contribution in [3.05, 3.63) is 34.9 Å². The fourth-order valence-electron chi connectivity index (χ4n) is 1.75. The highest BCUT2D eigenvalue weighted by molar-refractivity contribution is 6.30. The summed E-state index contributed by atoms with van der Waals surface area (Å²) in [6.45, 7) is 2.22. The van der Waals surface area contributed by atoms with Gasteiger partial charge in [-0.15, -0.1) is 0 Å². The molecule has 19 heavy (non-hydrogen) atoms. The van der Waals surface area contributed by atoms with Gasteiger partial charge in [-0.3, -0.25) is 9.59 Å². The van der Waals surface area contributed by atoms with E-state index >= 15 is 0 Å². The quantitative estimate of drug-likeness (QED) is 0.625. The molecule has 0 saturated carbocycles. The Labute approximate surface area is 115 Å². The second-order valence-corrected chi connectivity index (χ2v) is 4.46. The fraction of sp³-hybridized carbons (Fsp3) is 0.308. The van der Waals surface area contributed by atoms with Crippen LogP contribution in [0.4, 0.5) is 0 Å². The summed E-state index contributed by atoms with van der Waals surface area (Å²) in [6.07, 6.45) is 1.31. The van der Waals surface area contributed by atoms with Crippen molar-refractivity contribution in [2.24, 2.45) is 11.0 Å². The number of hydrogen-bond acceptors (Lipinski definition) is 4. The van der Waals surface area contributed by atoms with E-state index in [0.29, 0.717) is 5.02 Å². The number of hydrazone groups is 1. The van der Waals surface area contributed by atoms with Gasteiger partial charge in [-0.25, -0.2) is 5.01 Å². The summed E-state index contributed by atoms with van der Waals surface area (Å²) < 4.78 is 4.82. The molecule has 0 fully saturated rings. The van der Waals surface area contributed by atoms with Gasteiger partial charge in [0, 0.05) is 11.2 Å². The Morgan fingerprint density at radius 2 is 2.32 bits per heavy atom. The molecule has 0 radical (unpaired) electrons. The zero-order valence-corrected chi connectivity index (χ0v) is 11.1. The van der Waals surface area contributed by atoms with Gasteiger partial charge in [0.15, 0.2) is 5.92 Å². The average Bonchev–Trinajstić information content (AvgIpc) is 2.71. The van der Waals surface area contributed by atoms with Crippen LogP contribution in [0, 0.1) is 5.92 Å². The number of halogens is 1. The van der Waals surface area contributed by atoms with Gasteiger partial charge in [0.1, 0.15) is 0 Å². The molecule has 5 nitrogen and oxygen atoms in total. The topological polar surface area (TPSA) is 59.0 Å². The predicted octanol–water partition coefficient (Wildman–Crippen LogP) is 1.85. The Morgan fingerprint density at radius 3 is 3.00 bits per heavy atom. The zero-order valence-electron chi connectivity index (χ0n) is 10.4. The summed E-state index contributed by atoms with van der Waals surface area (Å²) in [6, 6.07) is 7.14. The Bertz CT molecular complexity index is 530. The Morgan fingerprint density at radius 1 is 1.53 bits per heavy atom. The molecule has 1 amide bonds. The highest BCUT2D eigenvalue weighted by Gasteiger charge is 2.35. The van der Waals surface area contributed by atoms with E-state index in [0.717, 1.165) is 5.56 Å². The second kappa shape index (κ2) is 5.84. The predicted molar refractivity (Wildman–Crippen MR) is 70.6 cm³/mol. The van der Waals surface area contributed by atoms with Crippen LogP contribution >= 0.6 is 11.6 Å². The first-order chi connectivity index (χ1) is 9.11. The van der Waals surface area contributed by atoms with Crippen molar-refractivity contribution in [2.45, 2.75) is 13.5 Å². The molecule has 1 unspecified atom stereocenters. The lowest BCUT2D eigenvalue weighted by molar-refractivity contribution is -0.151. The van der Waals surface area contributed by atoms with E-state index in [2.05, 4.69) is 5.10 Å². The van der Waals surface area contributed by atoms with Crippen LogP contribution in [-0.4, -0.2) is 29.7 Å². The number of rotatable bonds is 4. The molecule has 1 aromatic rings. The molecule has 6 heteroatoms. The molecule has 0 bridgehead atoms. The lowest BCUT2D eigenvalue weighted by atomic mass is 10.1. The van der Waals surface area contributed by atoms with Crippen LogP contribution in [0.15, 0.2) is 29.4 Å². The maximum Gasteiger partial charge on any atom is 0.324 e. The molecule has 0 saturated heterocycles. The van der Waals surface area contributed by atoms with Gasteiger partial charge >= 0.3 is 5.97 Å². The highest BCUT2D eigenvalue weighted by atomic mass is 35.5. The maximum absolute atomic E-state index is 12.0. The van der Waals surface area contributed by atoms with Gasteiger partial charge in [-0.05, 0) is 24.6 Å². The van der Waals surface area contributed by atoms with Crippen molar-refractivity contribution in [1.29, 1.82) is 0 Å². The van der Waals surface area contributed by atoms with Crippen LogP contribution in [0.5, 0.6) is 0 Å². The third-order valence-electron chi connectivity index (χ3n) is 2.64. The number of carbonyl (C=O) groups is 2. The van der Waals surface area contributed by atoms with Crippen molar-refractivity contribution < 1.29 is 14.3 Å². The first-order valence-corrected chi connectivity index (χ1v) is 6.26. The summed E-state index contributed by atoms with van der Waals surface area (Å²) in [7, 11) is 0. The number of nitrogens with zero attached hydrogens (tertiary/aromatic N) is 2. The molecule has 1 atom stereocenters. The molecule has 1 aliphatic rings. The van der Waals surface area contributed by atoms with Crippen LogP contribution in [0.25, 0.3) is 0 Å². The van der Waals surface area contributed by atoms with Crippen molar-refractivity contribution in [2.75, 3.05) is 6.61 Å².